The number of rotatable bonds is 6. The van der Waals surface area contributed by atoms with Gasteiger partial charge in [0.1, 0.15) is 5.69 Å². The van der Waals surface area contributed by atoms with E-state index in [2.05, 4.69) is 40.2 Å². The van der Waals surface area contributed by atoms with Crippen LogP contribution in [0.4, 0.5) is 17.3 Å². The van der Waals surface area contributed by atoms with Crippen LogP contribution in [0.2, 0.25) is 0 Å². The van der Waals surface area contributed by atoms with Crippen molar-refractivity contribution in [1.29, 1.82) is 0 Å². The van der Waals surface area contributed by atoms with Crippen LogP contribution in [0.3, 0.4) is 0 Å². The summed E-state index contributed by atoms with van der Waals surface area (Å²) in [6.07, 6.45) is 5.70. The van der Waals surface area contributed by atoms with Gasteiger partial charge in [-0.15, -0.1) is 0 Å². The summed E-state index contributed by atoms with van der Waals surface area (Å²) in [6.45, 7) is 5.57. The van der Waals surface area contributed by atoms with Gasteiger partial charge in [0.25, 0.3) is 0 Å². The Balaban J connectivity index is 0.000000597. The van der Waals surface area contributed by atoms with Gasteiger partial charge in [-0.2, -0.15) is 0 Å². The molecule has 4 nitrogen and oxygen atoms in total. The first kappa shape index (κ1) is 21.3. The molecule has 26 heavy (non-hydrogen) atoms. The maximum absolute atomic E-state index is 9.75. The lowest BCUT2D eigenvalue weighted by atomic mass is 10.3. The number of nitrogens with one attached hydrogen (secondary N) is 2. The highest BCUT2D eigenvalue weighted by Gasteiger charge is 2.20. The van der Waals surface area contributed by atoms with Crippen molar-refractivity contribution in [2.75, 3.05) is 0 Å². The van der Waals surface area contributed by atoms with Crippen LogP contribution in [0.5, 0.6) is 0 Å². The summed E-state index contributed by atoms with van der Waals surface area (Å²) >= 11 is 0. The highest BCUT2D eigenvalue weighted by atomic mass is 19.5. The smallest absolute Gasteiger partial charge is 0.418 e. The molecule has 0 amide bonds. The fourth-order valence-electron chi connectivity index (χ4n) is 1.89. The summed E-state index contributed by atoms with van der Waals surface area (Å²) in [6, 6.07) is 11.9. The highest BCUT2D eigenvalue weighted by molar-refractivity contribution is 6.50. The Morgan fingerprint density at radius 3 is 2.04 bits per heavy atom. The summed E-state index contributed by atoms with van der Waals surface area (Å²) in [5.41, 5.74) is 4.27. The van der Waals surface area contributed by atoms with Crippen molar-refractivity contribution in [3.05, 3.63) is 72.0 Å². The number of pyridine rings is 2. The van der Waals surface area contributed by atoms with Crippen LogP contribution in [-0.2, 0) is 13.1 Å². The van der Waals surface area contributed by atoms with Crippen molar-refractivity contribution in [2.24, 2.45) is 0 Å². The lowest BCUT2D eigenvalue weighted by molar-refractivity contribution is -0.475. The van der Waals surface area contributed by atoms with Crippen LogP contribution in [0.25, 0.3) is 0 Å². The third-order valence-corrected chi connectivity index (χ3v) is 2.98. The second kappa shape index (κ2) is 11.0. The van der Waals surface area contributed by atoms with E-state index < -0.39 is 7.25 Å². The summed E-state index contributed by atoms with van der Waals surface area (Å²) in [7, 11) is -6.00. The number of hydrogen-bond donors (Lipinski definition) is 2. The molecule has 140 valence electrons. The van der Waals surface area contributed by atoms with Gasteiger partial charge in [-0.25, -0.2) is 4.99 Å². The molecule has 0 bridgehead atoms. The van der Waals surface area contributed by atoms with Gasteiger partial charge in [0.05, 0.1) is 12.2 Å². The van der Waals surface area contributed by atoms with Gasteiger partial charge in [-0.05, 0) is 31.2 Å². The molecule has 0 aliphatic heterocycles. The Morgan fingerprint density at radius 1 is 1.00 bits per heavy atom. The van der Waals surface area contributed by atoms with E-state index in [1.54, 1.807) is 0 Å². The van der Waals surface area contributed by atoms with E-state index in [4.69, 9.17) is 0 Å². The molecular weight excluding hydrogens is 347 g/mol. The number of aromatic nitrogens is 2. The summed E-state index contributed by atoms with van der Waals surface area (Å²) in [4.78, 5) is 11.9. The molecule has 2 aromatic heterocycles. The molecule has 0 unspecified atom stereocenters. The van der Waals surface area contributed by atoms with E-state index in [-0.39, 0.29) is 0 Å². The average Bonchev–Trinajstić information content (AvgIpc) is 2.59. The fraction of sp³-hybridized carbons (Fsp3) is 0.235. The fourth-order valence-corrected chi connectivity index (χ4v) is 1.89. The van der Waals surface area contributed by atoms with Crippen LogP contribution in [0.1, 0.15) is 25.2 Å². The van der Waals surface area contributed by atoms with Crippen LogP contribution < -0.4 is 10.3 Å². The Kier molecular flexibility index (Phi) is 9.04. The second-order valence-corrected chi connectivity index (χ2v) is 5.35. The minimum absolute atomic E-state index is 0.733. The average molecular weight is 368 g/mol. The van der Waals surface area contributed by atoms with Gasteiger partial charge >= 0.3 is 7.25 Å². The van der Waals surface area contributed by atoms with Crippen molar-refractivity contribution in [1.82, 2.24) is 15.3 Å². The number of nitrogens with zero attached hydrogens (tertiary/aromatic N) is 2. The van der Waals surface area contributed by atoms with E-state index in [9.17, 15) is 17.3 Å². The van der Waals surface area contributed by atoms with Gasteiger partial charge in [-0.3, -0.25) is 9.97 Å². The zero-order valence-corrected chi connectivity index (χ0v) is 14.6. The first-order valence-electron chi connectivity index (χ1n) is 7.91. The SMILES string of the molecule is CC(/C=C(/C)NCc1ccccn1)=[NH+]Cc1ccccn1.F[B-](F)(F)F. The number of halogens is 4. The molecule has 0 atom stereocenters. The Hall–Kier alpha value is -2.71. The van der Waals surface area contributed by atoms with Crippen molar-refractivity contribution >= 4 is 13.0 Å². The molecule has 2 aromatic rings. The summed E-state index contributed by atoms with van der Waals surface area (Å²) in [5.74, 6) is 0. The van der Waals surface area contributed by atoms with Crippen molar-refractivity contribution in [3.63, 3.8) is 0 Å². The minimum Gasteiger partial charge on any atom is -0.418 e. The van der Waals surface area contributed by atoms with Gasteiger partial charge in [0, 0.05) is 31.1 Å². The number of allylic oxidation sites excluding steroid dienone is 2. The molecule has 0 saturated heterocycles. The van der Waals surface area contributed by atoms with E-state index in [1.165, 1.54) is 0 Å². The zero-order valence-electron chi connectivity index (χ0n) is 14.6. The lowest BCUT2D eigenvalue weighted by Gasteiger charge is -2.04. The number of hydrogen-bond acceptors (Lipinski definition) is 3. The normalized spacial score (nSPS) is 12.2. The zero-order chi connectivity index (χ0) is 19.4. The third kappa shape index (κ3) is 11.8. The monoisotopic (exact) mass is 368 g/mol. The molecule has 2 rings (SSSR count). The van der Waals surface area contributed by atoms with Crippen LogP contribution >= 0.6 is 0 Å². The maximum Gasteiger partial charge on any atom is 0.673 e. The standard InChI is InChI=1S/C17H20N4.BF4/c1-14(20-12-16-7-3-5-9-18-16)11-15(2)21-13-17-8-4-6-10-19-17;2-1(3,4)5/h3-11,20H,12-13H2,1-2H3;/q;-1/p+1/b14-11-,21-15?;. The van der Waals surface area contributed by atoms with Crippen LogP contribution in [-0.4, -0.2) is 22.9 Å². The minimum atomic E-state index is -6.00. The highest BCUT2D eigenvalue weighted by Crippen LogP contribution is 2.06. The van der Waals surface area contributed by atoms with Crippen LogP contribution in [0, 0.1) is 0 Å². The predicted octanol–water partition coefficient (Wildman–Crippen LogP) is 2.51. The van der Waals surface area contributed by atoms with E-state index >= 15 is 0 Å². The Labute approximate surface area is 150 Å². The molecule has 0 fully saturated rings. The Morgan fingerprint density at radius 2 is 1.54 bits per heavy atom. The lowest BCUT2D eigenvalue weighted by Crippen LogP contribution is -2.70. The van der Waals surface area contributed by atoms with E-state index in [0.29, 0.717) is 0 Å². The molecule has 0 aliphatic carbocycles. The van der Waals surface area contributed by atoms with E-state index in [1.807, 2.05) is 48.8 Å². The second-order valence-electron chi connectivity index (χ2n) is 5.35. The molecule has 2 heterocycles. The largest absolute Gasteiger partial charge is 0.673 e. The van der Waals surface area contributed by atoms with Crippen molar-refractivity contribution < 1.29 is 22.3 Å². The molecule has 0 aromatic carbocycles. The van der Waals surface area contributed by atoms with Gasteiger partial charge in [0.15, 0.2) is 12.3 Å². The van der Waals surface area contributed by atoms with Crippen molar-refractivity contribution in [2.45, 2.75) is 26.9 Å². The van der Waals surface area contributed by atoms with E-state index in [0.717, 1.165) is 35.9 Å². The molecule has 0 radical (unpaired) electrons. The van der Waals surface area contributed by atoms with Crippen LogP contribution in [0.15, 0.2) is 60.6 Å². The molecule has 0 spiro atoms. The molecule has 9 heteroatoms. The van der Waals surface area contributed by atoms with Gasteiger partial charge in [0.2, 0.25) is 0 Å². The quantitative estimate of drug-likeness (QED) is 0.468. The molecule has 0 saturated carbocycles. The maximum atomic E-state index is 9.75. The summed E-state index contributed by atoms with van der Waals surface area (Å²) < 4.78 is 39.0. The molecule has 0 aliphatic rings. The van der Waals surface area contributed by atoms with Crippen molar-refractivity contribution in [3.8, 4) is 0 Å². The topological polar surface area (TPSA) is 51.8 Å². The molecule has 2 N–H and O–H groups in total. The molecular formula is C17H21BF4N4. The third-order valence-electron chi connectivity index (χ3n) is 2.98. The Bertz CT molecular complexity index is 698. The first-order chi connectivity index (χ1) is 12.2. The van der Waals surface area contributed by atoms with Gasteiger partial charge in [-0.1, -0.05) is 12.1 Å². The first-order valence-corrected chi connectivity index (χ1v) is 7.91. The summed E-state index contributed by atoms with van der Waals surface area (Å²) in [5, 5.41) is 3.35. The predicted molar refractivity (Wildman–Crippen MR) is 94.6 cm³/mol. The van der Waals surface area contributed by atoms with Gasteiger partial charge < -0.3 is 22.6 Å².